The molecule has 0 saturated heterocycles. The minimum atomic E-state index is 0.663. The summed E-state index contributed by atoms with van der Waals surface area (Å²) in [7, 11) is 0. The summed E-state index contributed by atoms with van der Waals surface area (Å²) in [5, 5.41) is 4.41. The van der Waals surface area contributed by atoms with E-state index >= 15 is 0 Å². The van der Waals surface area contributed by atoms with Crippen molar-refractivity contribution in [3.05, 3.63) is 17.4 Å². The Bertz CT molecular complexity index is 405. The monoisotopic (exact) mass is 222 g/mol. The van der Waals surface area contributed by atoms with E-state index in [-0.39, 0.29) is 0 Å². The van der Waals surface area contributed by atoms with Gasteiger partial charge in [0, 0.05) is 18.9 Å². The molecule has 1 N–H and O–H groups in total. The molecule has 2 aromatic heterocycles. The highest BCUT2D eigenvalue weighted by atomic mass is 32.1. The fraction of sp³-hybridized carbons (Fsp3) is 0.500. The first-order valence-corrected chi connectivity index (χ1v) is 5.84. The van der Waals surface area contributed by atoms with Gasteiger partial charge in [-0.1, -0.05) is 25.2 Å². The van der Waals surface area contributed by atoms with Gasteiger partial charge in [-0.25, -0.2) is 15.0 Å². The van der Waals surface area contributed by atoms with E-state index in [2.05, 4.69) is 34.1 Å². The van der Waals surface area contributed by atoms with E-state index in [0.29, 0.717) is 5.92 Å². The van der Waals surface area contributed by atoms with E-state index in [1.54, 1.807) is 23.7 Å². The van der Waals surface area contributed by atoms with Crippen molar-refractivity contribution in [1.29, 1.82) is 0 Å². The quantitative estimate of drug-likeness (QED) is 0.857. The summed E-state index contributed by atoms with van der Waals surface area (Å²) in [4.78, 5) is 13.7. The van der Waals surface area contributed by atoms with Gasteiger partial charge in [0.1, 0.15) is 5.01 Å². The molecule has 2 aromatic rings. The molecular formula is C10H14N4S. The summed E-state index contributed by atoms with van der Waals surface area (Å²) in [6, 6.07) is 0. The predicted octanol–water partition coefficient (Wildman–Crippen LogP) is 1.83. The van der Waals surface area contributed by atoms with Crippen LogP contribution in [-0.4, -0.2) is 21.5 Å². The maximum Gasteiger partial charge on any atom is 0.189 e. The van der Waals surface area contributed by atoms with Crippen LogP contribution in [0.3, 0.4) is 0 Å². The third-order valence-electron chi connectivity index (χ3n) is 1.92. The summed E-state index contributed by atoms with van der Waals surface area (Å²) in [6.45, 7) is 6.20. The molecule has 0 spiro atoms. The van der Waals surface area contributed by atoms with Crippen LogP contribution in [0, 0.1) is 5.92 Å². The summed E-state index contributed by atoms with van der Waals surface area (Å²) in [6.07, 6.45) is 3.37. The number of aromatic nitrogens is 3. The molecule has 0 aliphatic rings. The van der Waals surface area contributed by atoms with E-state index in [4.69, 9.17) is 0 Å². The molecule has 0 fully saturated rings. The molecule has 2 rings (SSSR count). The van der Waals surface area contributed by atoms with Crippen molar-refractivity contribution in [3.63, 3.8) is 0 Å². The summed E-state index contributed by atoms with van der Waals surface area (Å²) >= 11 is 1.60. The Morgan fingerprint density at radius 1 is 1.33 bits per heavy atom. The molecule has 5 heteroatoms. The Kier molecular flexibility index (Phi) is 3.23. The largest absolute Gasteiger partial charge is 0.310 e. The molecule has 15 heavy (non-hydrogen) atoms. The van der Waals surface area contributed by atoms with Crippen LogP contribution in [0.15, 0.2) is 12.4 Å². The van der Waals surface area contributed by atoms with Crippen molar-refractivity contribution in [1.82, 2.24) is 20.3 Å². The lowest BCUT2D eigenvalue weighted by Gasteiger charge is -2.04. The SMILES string of the molecule is CC(C)CNCc1nc2nccnc2s1. The van der Waals surface area contributed by atoms with Crippen molar-refractivity contribution in [3.8, 4) is 0 Å². The van der Waals surface area contributed by atoms with Gasteiger partial charge in [0.15, 0.2) is 10.5 Å². The average Bonchev–Trinajstić information content (AvgIpc) is 2.59. The maximum atomic E-state index is 4.39. The smallest absolute Gasteiger partial charge is 0.189 e. The molecule has 0 bridgehead atoms. The van der Waals surface area contributed by atoms with Gasteiger partial charge in [-0.2, -0.15) is 0 Å². The van der Waals surface area contributed by atoms with Crippen LogP contribution in [-0.2, 0) is 6.54 Å². The molecular weight excluding hydrogens is 208 g/mol. The van der Waals surface area contributed by atoms with Gasteiger partial charge in [-0.15, -0.1) is 0 Å². The van der Waals surface area contributed by atoms with Gasteiger partial charge in [0.2, 0.25) is 0 Å². The van der Waals surface area contributed by atoms with E-state index < -0.39 is 0 Å². The lowest BCUT2D eigenvalue weighted by atomic mass is 10.2. The third-order valence-corrected chi connectivity index (χ3v) is 2.87. The minimum absolute atomic E-state index is 0.663. The molecule has 0 atom stereocenters. The zero-order valence-corrected chi connectivity index (χ0v) is 9.71. The van der Waals surface area contributed by atoms with Crippen LogP contribution in [0.4, 0.5) is 0 Å². The molecule has 0 aliphatic carbocycles. The van der Waals surface area contributed by atoms with Crippen LogP contribution in [0.2, 0.25) is 0 Å². The van der Waals surface area contributed by atoms with Gasteiger partial charge < -0.3 is 5.32 Å². The van der Waals surface area contributed by atoms with Gasteiger partial charge in [-0.3, -0.25) is 0 Å². The topological polar surface area (TPSA) is 50.7 Å². The molecule has 0 radical (unpaired) electrons. The maximum absolute atomic E-state index is 4.39. The second kappa shape index (κ2) is 4.63. The van der Waals surface area contributed by atoms with E-state index in [1.807, 2.05) is 0 Å². The van der Waals surface area contributed by atoms with Crippen molar-refractivity contribution in [2.45, 2.75) is 20.4 Å². The Labute approximate surface area is 92.8 Å². The van der Waals surface area contributed by atoms with E-state index in [1.165, 1.54) is 0 Å². The zero-order valence-electron chi connectivity index (χ0n) is 8.90. The van der Waals surface area contributed by atoms with Crippen LogP contribution < -0.4 is 5.32 Å². The normalized spacial score (nSPS) is 11.4. The van der Waals surface area contributed by atoms with Gasteiger partial charge in [0.05, 0.1) is 0 Å². The Balaban J connectivity index is 2.03. The van der Waals surface area contributed by atoms with Crippen molar-refractivity contribution < 1.29 is 0 Å². The first-order chi connectivity index (χ1) is 7.25. The Morgan fingerprint density at radius 3 is 2.87 bits per heavy atom. The number of fused-ring (bicyclic) bond motifs is 1. The highest BCUT2D eigenvalue weighted by Gasteiger charge is 2.04. The number of rotatable bonds is 4. The predicted molar refractivity (Wildman–Crippen MR) is 61.8 cm³/mol. The zero-order chi connectivity index (χ0) is 10.7. The lowest BCUT2D eigenvalue weighted by molar-refractivity contribution is 0.552. The van der Waals surface area contributed by atoms with Crippen LogP contribution in [0.25, 0.3) is 10.5 Å². The first kappa shape index (κ1) is 10.4. The fourth-order valence-electron chi connectivity index (χ4n) is 1.26. The summed E-state index contributed by atoms with van der Waals surface area (Å²) in [5.41, 5.74) is 0.754. The van der Waals surface area contributed by atoms with Crippen LogP contribution >= 0.6 is 11.3 Å². The molecule has 0 saturated carbocycles. The number of nitrogens with one attached hydrogen (secondary N) is 1. The molecule has 0 aliphatic heterocycles. The number of hydrogen-bond acceptors (Lipinski definition) is 5. The summed E-state index contributed by atoms with van der Waals surface area (Å²) in [5.74, 6) is 0.663. The highest BCUT2D eigenvalue weighted by molar-refractivity contribution is 7.18. The Morgan fingerprint density at radius 2 is 2.13 bits per heavy atom. The summed E-state index contributed by atoms with van der Waals surface area (Å²) < 4.78 is 0. The number of hydrogen-bond donors (Lipinski definition) is 1. The van der Waals surface area contributed by atoms with Crippen molar-refractivity contribution in [2.24, 2.45) is 5.92 Å². The van der Waals surface area contributed by atoms with Gasteiger partial charge >= 0.3 is 0 Å². The van der Waals surface area contributed by atoms with E-state index in [9.17, 15) is 0 Å². The first-order valence-electron chi connectivity index (χ1n) is 5.03. The average molecular weight is 222 g/mol. The molecule has 4 nitrogen and oxygen atoms in total. The van der Waals surface area contributed by atoms with Gasteiger partial charge in [0.25, 0.3) is 0 Å². The van der Waals surface area contributed by atoms with Crippen LogP contribution in [0.1, 0.15) is 18.9 Å². The molecule has 0 amide bonds. The minimum Gasteiger partial charge on any atom is -0.310 e. The second-order valence-electron chi connectivity index (χ2n) is 3.82. The van der Waals surface area contributed by atoms with Crippen molar-refractivity contribution in [2.75, 3.05) is 6.54 Å². The molecule has 0 aromatic carbocycles. The van der Waals surface area contributed by atoms with Gasteiger partial charge in [-0.05, 0) is 12.5 Å². The van der Waals surface area contributed by atoms with E-state index in [0.717, 1.165) is 28.6 Å². The third kappa shape index (κ3) is 2.70. The fourth-order valence-corrected chi connectivity index (χ4v) is 2.10. The Hall–Kier alpha value is -1.07. The van der Waals surface area contributed by atoms with Crippen LogP contribution in [0.5, 0.6) is 0 Å². The second-order valence-corrected chi connectivity index (χ2v) is 4.88. The molecule has 80 valence electrons. The van der Waals surface area contributed by atoms with Crippen molar-refractivity contribution >= 4 is 21.8 Å². The number of nitrogens with zero attached hydrogens (tertiary/aromatic N) is 3. The lowest BCUT2D eigenvalue weighted by Crippen LogP contribution is -2.18. The highest BCUT2D eigenvalue weighted by Crippen LogP contribution is 2.16. The molecule has 2 heterocycles. The standard InChI is InChI=1S/C10H14N4S/c1-7(2)5-11-6-8-14-9-10(15-8)13-4-3-12-9/h3-4,7,11H,5-6H2,1-2H3. The molecule has 0 unspecified atom stereocenters. The number of thiazole rings is 1.